The summed E-state index contributed by atoms with van der Waals surface area (Å²) in [5, 5.41) is 2.55. The lowest BCUT2D eigenvalue weighted by Crippen LogP contribution is -2.16. The minimum Gasteiger partial charge on any atom is -0.441 e. The minimum atomic E-state index is -0.919. The van der Waals surface area contributed by atoms with Crippen molar-refractivity contribution in [2.45, 2.75) is 6.92 Å². The molecule has 0 fully saturated rings. The van der Waals surface area contributed by atoms with Gasteiger partial charge in [-0.05, 0) is 37.3 Å². The van der Waals surface area contributed by atoms with Crippen LogP contribution in [0, 0.1) is 12.7 Å². The molecule has 0 saturated carbocycles. The molecule has 0 aliphatic rings. The maximum atomic E-state index is 13.5. The molecule has 0 aliphatic heterocycles. The number of aromatic nitrogens is 1. The van der Waals surface area contributed by atoms with Gasteiger partial charge >= 0.3 is 0 Å². The number of aryl methyl sites for hydroxylation is 1. The van der Waals surface area contributed by atoms with Crippen LogP contribution < -0.4 is 11.1 Å². The van der Waals surface area contributed by atoms with Crippen molar-refractivity contribution in [3.05, 3.63) is 71.4 Å². The van der Waals surface area contributed by atoms with Gasteiger partial charge in [-0.25, -0.2) is 9.37 Å². The van der Waals surface area contributed by atoms with Gasteiger partial charge in [0.2, 0.25) is 5.89 Å². The lowest BCUT2D eigenvalue weighted by molar-refractivity contribution is 0.0992. The van der Waals surface area contributed by atoms with Gasteiger partial charge in [-0.15, -0.1) is 0 Å². The molecule has 6 nitrogen and oxygen atoms in total. The van der Waals surface area contributed by atoms with Crippen molar-refractivity contribution in [3.8, 4) is 11.5 Å². The third kappa shape index (κ3) is 3.40. The van der Waals surface area contributed by atoms with Gasteiger partial charge < -0.3 is 15.5 Å². The van der Waals surface area contributed by atoms with Gasteiger partial charge in [-0.1, -0.05) is 18.2 Å². The Kier molecular flexibility index (Phi) is 4.30. The molecule has 2 aromatic carbocycles. The highest BCUT2D eigenvalue weighted by molar-refractivity contribution is 6.04. The fourth-order valence-corrected chi connectivity index (χ4v) is 2.29. The summed E-state index contributed by atoms with van der Waals surface area (Å²) in [5.74, 6) is -1.55. The van der Waals surface area contributed by atoms with Crippen molar-refractivity contribution >= 4 is 17.5 Å². The molecule has 0 atom stereocenters. The summed E-state index contributed by atoms with van der Waals surface area (Å²) in [6.45, 7) is 1.62. The van der Waals surface area contributed by atoms with Crippen molar-refractivity contribution < 1.29 is 18.4 Å². The van der Waals surface area contributed by atoms with Crippen LogP contribution in [-0.2, 0) is 0 Å². The number of nitrogens with two attached hydrogens (primary N) is 1. The second-order valence-corrected chi connectivity index (χ2v) is 5.30. The maximum absolute atomic E-state index is 13.5. The Morgan fingerprint density at radius 2 is 1.88 bits per heavy atom. The zero-order valence-electron chi connectivity index (χ0n) is 13.2. The number of nitrogens with zero attached hydrogens (tertiary/aromatic N) is 1. The lowest BCUT2D eigenvalue weighted by atomic mass is 10.1. The van der Waals surface area contributed by atoms with E-state index in [0.29, 0.717) is 11.7 Å². The SMILES string of the molecule is Cc1oc(-c2ccccc2)nc1C(=O)Nc1ccc(F)c(C(N)=O)c1. The number of primary amides is 1. The van der Waals surface area contributed by atoms with Crippen LogP contribution in [-0.4, -0.2) is 16.8 Å². The highest BCUT2D eigenvalue weighted by atomic mass is 19.1. The Morgan fingerprint density at radius 3 is 2.56 bits per heavy atom. The second kappa shape index (κ2) is 6.56. The van der Waals surface area contributed by atoms with E-state index in [2.05, 4.69) is 10.3 Å². The van der Waals surface area contributed by atoms with E-state index in [1.807, 2.05) is 30.3 Å². The fraction of sp³-hybridized carbons (Fsp3) is 0.0556. The van der Waals surface area contributed by atoms with Crippen molar-refractivity contribution in [2.75, 3.05) is 5.32 Å². The van der Waals surface area contributed by atoms with Crippen LogP contribution in [0.4, 0.5) is 10.1 Å². The molecule has 3 rings (SSSR count). The van der Waals surface area contributed by atoms with E-state index in [4.69, 9.17) is 10.2 Å². The number of oxazole rings is 1. The normalized spacial score (nSPS) is 10.5. The summed E-state index contributed by atoms with van der Waals surface area (Å²) >= 11 is 0. The molecule has 0 bridgehead atoms. The van der Waals surface area contributed by atoms with E-state index in [9.17, 15) is 14.0 Å². The van der Waals surface area contributed by atoms with Gasteiger partial charge in [0.25, 0.3) is 11.8 Å². The number of carbonyl (C=O) groups is 2. The molecule has 1 aromatic heterocycles. The highest BCUT2D eigenvalue weighted by Crippen LogP contribution is 2.22. The summed E-state index contributed by atoms with van der Waals surface area (Å²) in [6.07, 6.45) is 0. The molecule has 7 heteroatoms. The molecular weight excluding hydrogens is 325 g/mol. The van der Waals surface area contributed by atoms with Crippen LogP contribution in [0.25, 0.3) is 11.5 Å². The average Bonchev–Trinajstić information content (AvgIpc) is 2.99. The average molecular weight is 339 g/mol. The van der Waals surface area contributed by atoms with E-state index in [1.54, 1.807) is 6.92 Å². The van der Waals surface area contributed by atoms with Gasteiger partial charge in [0.1, 0.15) is 11.6 Å². The van der Waals surface area contributed by atoms with Crippen LogP contribution in [0.3, 0.4) is 0 Å². The minimum absolute atomic E-state index is 0.101. The third-order valence-corrected chi connectivity index (χ3v) is 3.52. The van der Waals surface area contributed by atoms with Crippen molar-refractivity contribution in [2.24, 2.45) is 5.73 Å². The van der Waals surface area contributed by atoms with Crippen LogP contribution in [0.2, 0.25) is 0 Å². The van der Waals surface area contributed by atoms with Crippen LogP contribution >= 0.6 is 0 Å². The highest BCUT2D eigenvalue weighted by Gasteiger charge is 2.19. The Balaban J connectivity index is 1.86. The summed E-state index contributed by atoms with van der Waals surface area (Å²) in [5.41, 5.74) is 5.86. The van der Waals surface area contributed by atoms with Crippen LogP contribution in [0.5, 0.6) is 0 Å². The first-order valence-electron chi connectivity index (χ1n) is 7.39. The number of rotatable bonds is 4. The molecule has 0 saturated heterocycles. The second-order valence-electron chi connectivity index (χ2n) is 5.30. The van der Waals surface area contributed by atoms with Crippen molar-refractivity contribution in [1.29, 1.82) is 0 Å². The Bertz CT molecular complexity index is 951. The number of benzene rings is 2. The van der Waals surface area contributed by atoms with Gasteiger partial charge in [0.15, 0.2) is 5.69 Å². The Labute approximate surface area is 142 Å². The van der Waals surface area contributed by atoms with Gasteiger partial charge in [-0.2, -0.15) is 0 Å². The first-order valence-corrected chi connectivity index (χ1v) is 7.39. The summed E-state index contributed by atoms with van der Waals surface area (Å²) in [4.78, 5) is 27.8. The van der Waals surface area contributed by atoms with Crippen LogP contribution in [0.1, 0.15) is 26.6 Å². The van der Waals surface area contributed by atoms with Gasteiger partial charge in [-0.3, -0.25) is 9.59 Å². The monoisotopic (exact) mass is 339 g/mol. The molecule has 1 heterocycles. The molecule has 25 heavy (non-hydrogen) atoms. The van der Waals surface area contributed by atoms with E-state index in [1.165, 1.54) is 12.1 Å². The molecule has 2 amide bonds. The van der Waals surface area contributed by atoms with Crippen LogP contribution in [0.15, 0.2) is 52.9 Å². The van der Waals surface area contributed by atoms with Gasteiger partial charge in [0.05, 0.1) is 5.56 Å². The standard InChI is InChI=1S/C18H14FN3O3/c1-10-15(22-18(25-10)11-5-3-2-4-6-11)17(24)21-12-7-8-14(19)13(9-12)16(20)23/h2-9H,1H3,(H2,20,23)(H,21,24). The molecule has 0 unspecified atom stereocenters. The number of hydrogen-bond acceptors (Lipinski definition) is 4. The molecule has 0 aliphatic carbocycles. The smallest absolute Gasteiger partial charge is 0.277 e. The van der Waals surface area contributed by atoms with E-state index in [0.717, 1.165) is 11.6 Å². The number of nitrogens with one attached hydrogen (secondary N) is 1. The van der Waals surface area contributed by atoms with E-state index >= 15 is 0 Å². The largest absolute Gasteiger partial charge is 0.441 e. The summed E-state index contributed by atoms with van der Waals surface area (Å²) in [6, 6.07) is 12.7. The zero-order chi connectivity index (χ0) is 18.0. The molecule has 3 N–H and O–H groups in total. The third-order valence-electron chi connectivity index (χ3n) is 3.52. The summed E-state index contributed by atoms with van der Waals surface area (Å²) in [7, 11) is 0. The fourth-order valence-electron chi connectivity index (χ4n) is 2.29. The van der Waals surface area contributed by atoms with E-state index in [-0.39, 0.29) is 16.9 Å². The predicted molar refractivity (Wildman–Crippen MR) is 89.5 cm³/mol. The quantitative estimate of drug-likeness (QED) is 0.763. The molecule has 3 aromatic rings. The lowest BCUT2D eigenvalue weighted by Gasteiger charge is -2.05. The van der Waals surface area contributed by atoms with Crippen molar-refractivity contribution in [1.82, 2.24) is 4.98 Å². The maximum Gasteiger partial charge on any atom is 0.277 e. The number of amides is 2. The Hall–Kier alpha value is -3.48. The first kappa shape index (κ1) is 16.4. The summed E-state index contributed by atoms with van der Waals surface area (Å²) < 4.78 is 19.0. The number of hydrogen-bond donors (Lipinski definition) is 2. The molecule has 0 radical (unpaired) electrons. The number of anilines is 1. The molecule has 126 valence electrons. The number of halogens is 1. The molecular formula is C18H14FN3O3. The predicted octanol–water partition coefficient (Wildman–Crippen LogP) is 3.14. The first-order chi connectivity index (χ1) is 12.0. The van der Waals surface area contributed by atoms with E-state index < -0.39 is 17.6 Å². The zero-order valence-corrected chi connectivity index (χ0v) is 13.2. The topological polar surface area (TPSA) is 98.2 Å². The Morgan fingerprint density at radius 1 is 1.16 bits per heavy atom. The number of carbonyl (C=O) groups excluding carboxylic acids is 2. The van der Waals surface area contributed by atoms with Gasteiger partial charge in [0, 0.05) is 11.3 Å². The van der Waals surface area contributed by atoms with Crippen molar-refractivity contribution in [3.63, 3.8) is 0 Å². The molecule has 0 spiro atoms.